The minimum atomic E-state index is 0.574. The van der Waals surface area contributed by atoms with Gasteiger partial charge in [0.1, 0.15) is 0 Å². The average Bonchev–Trinajstić information content (AvgIpc) is 3.14. The van der Waals surface area contributed by atoms with Crippen molar-refractivity contribution in [3.63, 3.8) is 0 Å². The van der Waals surface area contributed by atoms with E-state index in [-0.39, 0.29) is 0 Å². The maximum absolute atomic E-state index is 5.59. The Bertz CT molecular complexity index is 402. The number of aromatic nitrogens is 2. The summed E-state index contributed by atoms with van der Waals surface area (Å²) in [4.78, 5) is 0. The highest BCUT2D eigenvalue weighted by Crippen LogP contribution is 2.29. The number of nitrogens with zero attached hydrogens (tertiary/aromatic N) is 2. The number of nitrogens with one attached hydrogen (secondary N) is 2. The average molecular weight is 264 g/mol. The number of rotatable bonds is 6. The van der Waals surface area contributed by atoms with Crippen LogP contribution in [0, 0.1) is 11.8 Å². The highest BCUT2D eigenvalue weighted by Gasteiger charge is 2.22. The zero-order valence-electron chi connectivity index (χ0n) is 11.7. The molecule has 0 saturated heterocycles. The van der Waals surface area contributed by atoms with Crippen LogP contribution in [-0.2, 0) is 6.54 Å². The Morgan fingerprint density at radius 1 is 1.16 bits per heavy atom. The van der Waals surface area contributed by atoms with Crippen molar-refractivity contribution in [1.82, 2.24) is 15.5 Å². The molecule has 0 aromatic carbocycles. The maximum Gasteiger partial charge on any atom is 0.315 e. The van der Waals surface area contributed by atoms with Crippen molar-refractivity contribution in [2.24, 2.45) is 11.8 Å². The lowest BCUT2D eigenvalue weighted by Gasteiger charge is -2.28. The summed E-state index contributed by atoms with van der Waals surface area (Å²) in [5.74, 6) is 2.24. The lowest BCUT2D eigenvalue weighted by molar-refractivity contribution is 0.267. The molecule has 2 N–H and O–H groups in total. The normalized spacial score (nSPS) is 27.4. The van der Waals surface area contributed by atoms with Crippen molar-refractivity contribution in [1.29, 1.82) is 0 Å². The third-order valence-electron chi connectivity index (χ3n) is 4.39. The molecule has 2 saturated carbocycles. The molecule has 0 bridgehead atoms. The van der Waals surface area contributed by atoms with Crippen LogP contribution in [0.15, 0.2) is 4.42 Å². The van der Waals surface area contributed by atoms with Gasteiger partial charge in [0.25, 0.3) is 0 Å². The molecule has 3 rings (SSSR count). The number of hydrogen-bond donors (Lipinski definition) is 2. The fourth-order valence-electron chi connectivity index (χ4n) is 2.83. The van der Waals surface area contributed by atoms with Crippen LogP contribution in [0.2, 0.25) is 0 Å². The highest BCUT2D eigenvalue weighted by atomic mass is 16.4. The van der Waals surface area contributed by atoms with E-state index >= 15 is 0 Å². The van der Waals surface area contributed by atoms with Crippen molar-refractivity contribution < 1.29 is 4.42 Å². The molecule has 0 spiro atoms. The van der Waals surface area contributed by atoms with Crippen molar-refractivity contribution in [2.75, 3.05) is 11.9 Å². The summed E-state index contributed by atoms with van der Waals surface area (Å²) in [5.41, 5.74) is 0. The standard InChI is InChI=1S/C14H24N4O/c1-10-4-2-3-5-11(10)8-16-14-18-17-13(19-14)9-15-12-6-7-12/h10-12,15H,2-9H2,1H3,(H,16,18). The molecule has 2 unspecified atom stereocenters. The molecule has 1 aromatic heterocycles. The number of anilines is 1. The van der Waals surface area contributed by atoms with Crippen LogP contribution in [0.25, 0.3) is 0 Å². The fourth-order valence-corrected chi connectivity index (χ4v) is 2.83. The topological polar surface area (TPSA) is 63.0 Å². The Morgan fingerprint density at radius 2 is 2.00 bits per heavy atom. The van der Waals surface area contributed by atoms with Gasteiger partial charge in [0.15, 0.2) is 0 Å². The van der Waals surface area contributed by atoms with E-state index in [0.717, 1.165) is 18.4 Å². The largest absolute Gasteiger partial charge is 0.407 e. The second-order valence-corrected chi connectivity index (χ2v) is 6.06. The summed E-state index contributed by atoms with van der Waals surface area (Å²) in [7, 11) is 0. The van der Waals surface area contributed by atoms with Crippen molar-refractivity contribution >= 4 is 6.01 Å². The van der Waals surface area contributed by atoms with Gasteiger partial charge in [-0.2, -0.15) is 0 Å². The first kappa shape index (κ1) is 12.9. The van der Waals surface area contributed by atoms with Gasteiger partial charge in [-0.05, 0) is 31.1 Å². The lowest BCUT2D eigenvalue weighted by atomic mass is 9.80. The van der Waals surface area contributed by atoms with Gasteiger partial charge in [0, 0.05) is 12.6 Å². The molecular formula is C14H24N4O. The van der Waals surface area contributed by atoms with E-state index in [1.54, 1.807) is 0 Å². The van der Waals surface area contributed by atoms with E-state index in [2.05, 4.69) is 27.8 Å². The first-order chi connectivity index (χ1) is 9.31. The third-order valence-corrected chi connectivity index (χ3v) is 4.39. The highest BCUT2D eigenvalue weighted by molar-refractivity contribution is 5.17. The summed E-state index contributed by atoms with van der Waals surface area (Å²) >= 11 is 0. The van der Waals surface area contributed by atoms with Crippen LogP contribution in [0.3, 0.4) is 0 Å². The Balaban J connectivity index is 1.43. The van der Waals surface area contributed by atoms with Crippen LogP contribution in [0.4, 0.5) is 6.01 Å². The Hall–Kier alpha value is -1.10. The van der Waals surface area contributed by atoms with Gasteiger partial charge < -0.3 is 15.1 Å². The van der Waals surface area contributed by atoms with Crippen molar-refractivity contribution in [2.45, 2.75) is 58.0 Å². The molecule has 2 atom stereocenters. The Labute approximate surface area is 114 Å². The molecule has 1 aromatic rings. The Morgan fingerprint density at radius 3 is 2.79 bits per heavy atom. The smallest absolute Gasteiger partial charge is 0.315 e. The predicted octanol–water partition coefficient (Wildman–Crippen LogP) is 2.56. The van der Waals surface area contributed by atoms with Crippen molar-refractivity contribution in [3.8, 4) is 0 Å². The molecule has 5 nitrogen and oxygen atoms in total. The maximum atomic E-state index is 5.59. The van der Waals surface area contributed by atoms with Crippen LogP contribution >= 0.6 is 0 Å². The van der Waals surface area contributed by atoms with Gasteiger partial charge in [-0.25, -0.2) is 0 Å². The van der Waals surface area contributed by atoms with E-state index in [1.165, 1.54) is 38.5 Å². The monoisotopic (exact) mass is 264 g/mol. The quantitative estimate of drug-likeness (QED) is 0.826. The predicted molar refractivity (Wildman–Crippen MR) is 73.8 cm³/mol. The second kappa shape index (κ2) is 5.90. The molecule has 0 aliphatic heterocycles. The van der Waals surface area contributed by atoms with Crippen LogP contribution in [0.1, 0.15) is 51.3 Å². The van der Waals surface area contributed by atoms with E-state index in [4.69, 9.17) is 4.42 Å². The van der Waals surface area contributed by atoms with Gasteiger partial charge in [0.2, 0.25) is 5.89 Å². The molecular weight excluding hydrogens is 240 g/mol. The van der Waals surface area contributed by atoms with Crippen LogP contribution < -0.4 is 10.6 Å². The van der Waals surface area contributed by atoms with Crippen LogP contribution in [-0.4, -0.2) is 22.8 Å². The molecule has 5 heteroatoms. The molecule has 106 valence electrons. The molecule has 0 amide bonds. The third kappa shape index (κ3) is 3.69. The molecule has 19 heavy (non-hydrogen) atoms. The molecule has 0 radical (unpaired) electrons. The fraction of sp³-hybridized carbons (Fsp3) is 0.857. The van der Waals surface area contributed by atoms with E-state index in [9.17, 15) is 0 Å². The first-order valence-electron chi connectivity index (χ1n) is 7.61. The van der Waals surface area contributed by atoms with Gasteiger partial charge >= 0.3 is 6.01 Å². The first-order valence-corrected chi connectivity index (χ1v) is 7.61. The van der Waals surface area contributed by atoms with E-state index < -0.39 is 0 Å². The summed E-state index contributed by atoms with van der Waals surface area (Å²) in [6.45, 7) is 4.00. The van der Waals surface area contributed by atoms with Crippen LogP contribution in [0.5, 0.6) is 0 Å². The van der Waals surface area contributed by atoms with Gasteiger partial charge in [-0.1, -0.05) is 31.3 Å². The second-order valence-electron chi connectivity index (χ2n) is 6.06. The van der Waals surface area contributed by atoms with Gasteiger partial charge in [-0.3, -0.25) is 0 Å². The summed E-state index contributed by atoms with van der Waals surface area (Å²) in [5, 5.41) is 14.8. The summed E-state index contributed by atoms with van der Waals surface area (Å²) < 4.78 is 5.59. The lowest BCUT2D eigenvalue weighted by Crippen LogP contribution is -2.24. The molecule has 1 heterocycles. The Kier molecular flexibility index (Phi) is 4.01. The van der Waals surface area contributed by atoms with Gasteiger partial charge in [-0.15, -0.1) is 5.10 Å². The van der Waals surface area contributed by atoms with Crippen molar-refractivity contribution in [3.05, 3.63) is 5.89 Å². The minimum absolute atomic E-state index is 0.574. The van der Waals surface area contributed by atoms with E-state index in [1.807, 2.05) is 0 Å². The molecule has 2 aliphatic rings. The molecule has 2 fully saturated rings. The summed E-state index contributed by atoms with van der Waals surface area (Å²) in [6, 6.07) is 1.25. The van der Waals surface area contributed by atoms with Gasteiger partial charge in [0.05, 0.1) is 6.54 Å². The zero-order chi connectivity index (χ0) is 13.1. The molecule has 2 aliphatic carbocycles. The SMILES string of the molecule is CC1CCCCC1CNc1nnc(CNC2CC2)o1. The zero-order valence-corrected chi connectivity index (χ0v) is 11.7. The minimum Gasteiger partial charge on any atom is -0.407 e. The number of hydrogen-bond acceptors (Lipinski definition) is 5. The van der Waals surface area contributed by atoms with E-state index in [0.29, 0.717) is 24.5 Å². The summed E-state index contributed by atoms with van der Waals surface area (Å²) in [6.07, 6.45) is 7.97.